The lowest BCUT2D eigenvalue weighted by atomic mass is 10.1. The molecule has 0 bridgehead atoms. The van der Waals surface area contributed by atoms with E-state index in [0.29, 0.717) is 0 Å². The molecule has 1 unspecified atom stereocenters. The fourth-order valence-electron chi connectivity index (χ4n) is 1.11. The molecule has 4 N–H and O–H groups in total. The van der Waals surface area contributed by atoms with E-state index in [4.69, 9.17) is 10.2 Å². The first-order chi connectivity index (χ1) is 8.86. The fraction of sp³-hybridized carbons (Fsp3) is 0.600. The molecule has 0 radical (unpaired) electrons. The Bertz CT molecular complexity index is 356. The molecule has 0 saturated heterocycles. The van der Waals surface area contributed by atoms with Crippen molar-refractivity contribution in [1.82, 2.24) is 10.6 Å². The summed E-state index contributed by atoms with van der Waals surface area (Å²) < 4.78 is 4.35. The van der Waals surface area contributed by atoms with Gasteiger partial charge in [0.25, 0.3) is 0 Å². The van der Waals surface area contributed by atoms with Crippen LogP contribution in [0.2, 0.25) is 0 Å². The Morgan fingerprint density at radius 2 is 1.79 bits per heavy atom. The molecule has 108 valence electrons. The smallest absolute Gasteiger partial charge is 0.326 e. The van der Waals surface area contributed by atoms with Crippen LogP contribution in [0.4, 0.5) is 4.79 Å². The molecule has 0 spiro atoms. The van der Waals surface area contributed by atoms with Crippen molar-refractivity contribution < 1.29 is 34.1 Å². The van der Waals surface area contributed by atoms with E-state index >= 15 is 0 Å². The highest BCUT2D eigenvalue weighted by atomic mass is 16.5. The Hall–Kier alpha value is -2.32. The van der Waals surface area contributed by atoms with Crippen LogP contribution in [0.15, 0.2) is 0 Å². The number of carboxylic acids is 2. The standard InChI is InChI=1S/C10H16N2O7/c1-19-8(15)4-5-11-10(18)12-6(9(16)17)2-3-7(13)14/h6H,2-5H2,1H3,(H,13,14)(H,16,17)(H2,11,12,18). The van der Waals surface area contributed by atoms with Crippen LogP contribution in [-0.4, -0.2) is 53.8 Å². The highest BCUT2D eigenvalue weighted by Crippen LogP contribution is 1.98. The number of methoxy groups -OCH3 is 1. The van der Waals surface area contributed by atoms with Gasteiger partial charge in [-0.3, -0.25) is 9.59 Å². The van der Waals surface area contributed by atoms with Crippen LogP contribution >= 0.6 is 0 Å². The molecule has 2 amide bonds. The van der Waals surface area contributed by atoms with Crippen LogP contribution < -0.4 is 10.6 Å². The Labute approximate surface area is 108 Å². The van der Waals surface area contributed by atoms with Crippen LogP contribution in [-0.2, 0) is 19.1 Å². The number of rotatable bonds is 8. The normalized spacial score (nSPS) is 11.2. The average Bonchev–Trinajstić information content (AvgIpc) is 2.33. The van der Waals surface area contributed by atoms with Crippen molar-refractivity contribution in [2.75, 3.05) is 13.7 Å². The lowest BCUT2D eigenvalue weighted by molar-refractivity contribution is -0.141. The van der Waals surface area contributed by atoms with E-state index in [1.807, 2.05) is 0 Å². The van der Waals surface area contributed by atoms with E-state index < -0.39 is 30.0 Å². The topological polar surface area (TPSA) is 142 Å². The van der Waals surface area contributed by atoms with Crippen molar-refractivity contribution >= 4 is 23.9 Å². The number of nitrogens with one attached hydrogen (secondary N) is 2. The van der Waals surface area contributed by atoms with E-state index in [1.54, 1.807) is 0 Å². The second-order valence-electron chi connectivity index (χ2n) is 3.55. The number of urea groups is 1. The molecule has 0 aromatic heterocycles. The van der Waals surface area contributed by atoms with Gasteiger partial charge in [0.05, 0.1) is 13.5 Å². The Kier molecular flexibility index (Phi) is 7.66. The highest BCUT2D eigenvalue weighted by molar-refractivity contribution is 5.83. The Morgan fingerprint density at radius 1 is 1.16 bits per heavy atom. The van der Waals surface area contributed by atoms with E-state index in [1.165, 1.54) is 7.11 Å². The number of hydrogen-bond donors (Lipinski definition) is 4. The quantitative estimate of drug-likeness (QED) is 0.423. The average molecular weight is 276 g/mol. The predicted octanol–water partition coefficient (Wildman–Crippen LogP) is -0.833. The molecule has 0 aromatic carbocycles. The second kappa shape index (κ2) is 8.72. The van der Waals surface area contributed by atoms with E-state index in [-0.39, 0.29) is 25.8 Å². The van der Waals surface area contributed by atoms with Gasteiger partial charge in [-0.25, -0.2) is 9.59 Å². The Morgan fingerprint density at radius 3 is 2.26 bits per heavy atom. The minimum atomic E-state index is -1.33. The molecular formula is C10H16N2O7. The van der Waals surface area contributed by atoms with Gasteiger partial charge >= 0.3 is 23.9 Å². The zero-order valence-electron chi connectivity index (χ0n) is 10.3. The molecule has 0 aliphatic carbocycles. The van der Waals surface area contributed by atoms with Crippen molar-refractivity contribution in [1.29, 1.82) is 0 Å². The predicted molar refractivity (Wildman–Crippen MR) is 61.5 cm³/mol. The van der Waals surface area contributed by atoms with Crippen LogP contribution in [0.25, 0.3) is 0 Å². The summed E-state index contributed by atoms with van der Waals surface area (Å²) in [6, 6.07) is -2.09. The monoisotopic (exact) mass is 276 g/mol. The fourth-order valence-corrected chi connectivity index (χ4v) is 1.11. The summed E-state index contributed by atoms with van der Waals surface area (Å²) >= 11 is 0. The molecular weight excluding hydrogens is 260 g/mol. The van der Waals surface area contributed by atoms with Crippen molar-refractivity contribution in [2.24, 2.45) is 0 Å². The molecule has 0 rings (SSSR count). The summed E-state index contributed by atoms with van der Waals surface area (Å²) in [4.78, 5) is 43.1. The third-order valence-corrected chi connectivity index (χ3v) is 2.09. The van der Waals surface area contributed by atoms with Crippen LogP contribution in [0, 0.1) is 0 Å². The summed E-state index contributed by atoms with van der Waals surface area (Å²) in [5, 5.41) is 21.6. The van der Waals surface area contributed by atoms with Gasteiger partial charge in [0.2, 0.25) is 0 Å². The van der Waals surface area contributed by atoms with E-state index in [0.717, 1.165) is 0 Å². The molecule has 19 heavy (non-hydrogen) atoms. The summed E-state index contributed by atoms with van der Waals surface area (Å²) in [6.07, 6.45) is -0.648. The second-order valence-corrected chi connectivity index (χ2v) is 3.55. The molecule has 0 saturated carbocycles. The van der Waals surface area contributed by atoms with Crippen LogP contribution in [0.5, 0.6) is 0 Å². The summed E-state index contributed by atoms with van der Waals surface area (Å²) in [5.41, 5.74) is 0. The summed E-state index contributed by atoms with van der Waals surface area (Å²) in [6.45, 7) is -0.0101. The number of aliphatic carboxylic acids is 2. The molecule has 1 atom stereocenters. The molecule has 9 nitrogen and oxygen atoms in total. The number of esters is 1. The molecule has 9 heteroatoms. The van der Waals surface area contributed by atoms with Crippen molar-refractivity contribution in [3.05, 3.63) is 0 Å². The maximum absolute atomic E-state index is 11.3. The largest absolute Gasteiger partial charge is 0.481 e. The van der Waals surface area contributed by atoms with Gasteiger partial charge in [0.15, 0.2) is 0 Å². The van der Waals surface area contributed by atoms with Gasteiger partial charge in [-0.15, -0.1) is 0 Å². The van der Waals surface area contributed by atoms with Crippen molar-refractivity contribution in [3.63, 3.8) is 0 Å². The van der Waals surface area contributed by atoms with Gasteiger partial charge in [-0.2, -0.15) is 0 Å². The molecule has 0 fully saturated rings. The van der Waals surface area contributed by atoms with Gasteiger partial charge < -0.3 is 25.6 Å². The van der Waals surface area contributed by atoms with Crippen LogP contribution in [0.1, 0.15) is 19.3 Å². The van der Waals surface area contributed by atoms with Gasteiger partial charge in [0, 0.05) is 13.0 Å². The molecule has 0 aromatic rings. The summed E-state index contributed by atoms with van der Waals surface area (Å²) in [7, 11) is 1.20. The van der Waals surface area contributed by atoms with Gasteiger partial charge in [0.1, 0.15) is 6.04 Å². The SMILES string of the molecule is COC(=O)CCNC(=O)NC(CCC(=O)O)C(=O)O. The number of ether oxygens (including phenoxy) is 1. The maximum atomic E-state index is 11.3. The van der Waals surface area contributed by atoms with Gasteiger partial charge in [-0.05, 0) is 6.42 Å². The van der Waals surface area contributed by atoms with Gasteiger partial charge in [-0.1, -0.05) is 0 Å². The number of carboxylic acid groups (broad SMARTS) is 2. The third-order valence-electron chi connectivity index (χ3n) is 2.09. The molecule has 0 aliphatic rings. The number of carbonyl (C=O) groups excluding carboxylic acids is 2. The highest BCUT2D eigenvalue weighted by Gasteiger charge is 2.20. The lowest BCUT2D eigenvalue weighted by Gasteiger charge is -2.14. The molecule has 0 heterocycles. The Balaban J connectivity index is 4.06. The third kappa shape index (κ3) is 8.41. The first kappa shape index (κ1) is 16.7. The molecule has 0 aliphatic heterocycles. The van der Waals surface area contributed by atoms with Crippen LogP contribution in [0.3, 0.4) is 0 Å². The zero-order chi connectivity index (χ0) is 14.8. The minimum Gasteiger partial charge on any atom is -0.481 e. The lowest BCUT2D eigenvalue weighted by Crippen LogP contribution is -2.46. The van der Waals surface area contributed by atoms with E-state index in [2.05, 4.69) is 15.4 Å². The number of amides is 2. The number of carbonyl (C=O) groups is 4. The van der Waals surface area contributed by atoms with Crippen molar-refractivity contribution in [3.8, 4) is 0 Å². The zero-order valence-corrected chi connectivity index (χ0v) is 10.3. The first-order valence-corrected chi connectivity index (χ1v) is 5.42. The van der Waals surface area contributed by atoms with E-state index in [9.17, 15) is 19.2 Å². The maximum Gasteiger partial charge on any atom is 0.326 e. The summed E-state index contributed by atoms with van der Waals surface area (Å²) in [5.74, 6) is -3.00. The first-order valence-electron chi connectivity index (χ1n) is 5.42. The van der Waals surface area contributed by atoms with Crippen molar-refractivity contribution in [2.45, 2.75) is 25.3 Å². The number of hydrogen-bond acceptors (Lipinski definition) is 5. The minimum absolute atomic E-state index is 0.0101.